The fraction of sp³-hybridized carbons (Fsp3) is 0.500. The summed E-state index contributed by atoms with van der Waals surface area (Å²) in [6, 6.07) is 4.26. The van der Waals surface area contributed by atoms with Crippen molar-refractivity contribution in [2.45, 2.75) is 32.7 Å². The summed E-state index contributed by atoms with van der Waals surface area (Å²) in [5, 5.41) is 0. The fourth-order valence-corrected chi connectivity index (χ4v) is 2.68. The minimum Gasteiger partial charge on any atom is -0.334 e. The van der Waals surface area contributed by atoms with Gasteiger partial charge in [0.05, 0.1) is 5.56 Å². The number of hydrogen-bond donors (Lipinski definition) is 0. The third-order valence-electron chi connectivity index (χ3n) is 3.13. The number of carbonyl (C=O) groups excluding carboxylic acids is 1. The molecule has 19 heavy (non-hydrogen) atoms. The van der Waals surface area contributed by atoms with Gasteiger partial charge in [-0.25, -0.2) is 4.39 Å². The van der Waals surface area contributed by atoms with Crippen LogP contribution in [0.5, 0.6) is 0 Å². The molecule has 1 aromatic rings. The standard InChI is InChI=1S/C14H18BrClFNO/c1-3-11(4-2)18(8-7-16)14(19)12-9-10(17)5-6-13(12)15/h5-6,9,11H,3-4,7-8H2,1-2H3. The maximum atomic E-state index is 13.3. The van der Waals surface area contributed by atoms with Gasteiger partial charge in [-0.1, -0.05) is 13.8 Å². The second kappa shape index (κ2) is 7.85. The van der Waals surface area contributed by atoms with E-state index in [2.05, 4.69) is 15.9 Å². The van der Waals surface area contributed by atoms with Crippen LogP contribution >= 0.6 is 27.5 Å². The number of rotatable bonds is 6. The first-order chi connectivity index (χ1) is 9.04. The second-order valence-electron chi connectivity index (χ2n) is 4.28. The highest BCUT2D eigenvalue weighted by atomic mass is 79.9. The van der Waals surface area contributed by atoms with Gasteiger partial charge in [-0.2, -0.15) is 0 Å². The van der Waals surface area contributed by atoms with Crippen molar-refractivity contribution in [2.75, 3.05) is 12.4 Å². The topological polar surface area (TPSA) is 20.3 Å². The van der Waals surface area contributed by atoms with Gasteiger partial charge in [-0.3, -0.25) is 4.79 Å². The van der Waals surface area contributed by atoms with E-state index in [-0.39, 0.29) is 11.9 Å². The zero-order valence-corrected chi connectivity index (χ0v) is 13.5. The van der Waals surface area contributed by atoms with Crippen molar-refractivity contribution in [3.63, 3.8) is 0 Å². The Balaban J connectivity index is 3.08. The SMILES string of the molecule is CCC(CC)N(CCCl)C(=O)c1cc(F)ccc1Br. The van der Waals surface area contributed by atoms with Gasteiger partial charge < -0.3 is 4.90 Å². The molecule has 0 saturated heterocycles. The minimum absolute atomic E-state index is 0.126. The smallest absolute Gasteiger partial charge is 0.255 e. The molecule has 1 aromatic carbocycles. The molecule has 5 heteroatoms. The number of hydrogen-bond acceptors (Lipinski definition) is 1. The number of halogens is 3. The van der Waals surface area contributed by atoms with Crippen molar-refractivity contribution in [3.05, 3.63) is 34.1 Å². The van der Waals surface area contributed by atoms with E-state index >= 15 is 0 Å². The zero-order chi connectivity index (χ0) is 14.4. The summed E-state index contributed by atoms with van der Waals surface area (Å²) in [5.74, 6) is -0.225. The second-order valence-corrected chi connectivity index (χ2v) is 5.51. The third-order valence-corrected chi connectivity index (χ3v) is 3.99. The number of benzene rings is 1. The molecular weight excluding hydrogens is 333 g/mol. The molecule has 0 spiro atoms. The van der Waals surface area contributed by atoms with E-state index in [1.807, 2.05) is 13.8 Å². The molecule has 2 nitrogen and oxygen atoms in total. The quantitative estimate of drug-likeness (QED) is 0.694. The van der Waals surface area contributed by atoms with Crippen LogP contribution in [-0.2, 0) is 0 Å². The number of nitrogens with zero attached hydrogens (tertiary/aromatic N) is 1. The van der Waals surface area contributed by atoms with Crippen LogP contribution < -0.4 is 0 Å². The Bertz CT molecular complexity index is 437. The Morgan fingerprint density at radius 1 is 1.42 bits per heavy atom. The Kier molecular flexibility index (Phi) is 6.80. The highest BCUT2D eigenvalue weighted by Crippen LogP contribution is 2.22. The molecule has 0 aromatic heterocycles. The zero-order valence-electron chi connectivity index (χ0n) is 11.1. The van der Waals surface area contributed by atoms with E-state index in [1.165, 1.54) is 12.1 Å². The molecule has 1 amide bonds. The predicted molar refractivity (Wildman–Crippen MR) is 80.2 cm³/mol. The number of alkyl halides is 1. The average molecular weight is 351 g/mol. The molecule has 0 heterocycles. The van der Waals surface area contributed by atoms with Crippen LogP contribution in [0.1, 0.15) is 37.0 Å². The molecule has 0 atom stereocenters. The summed E-state index contributed by atoms with van der Waals surface area (Å²) in [4.78, 5) is 14.3. The van der Waals surface area contributed by atoms with E-state index in [1.54, 1.807) is 11.0 Å². The van der Waals surface area contributed by atoms with Crippen molar-refractivity contribution in [1.82, 2.24) is 4.90 Å². The minimum atomic E-state index is -0.415. The van der Waals surface area contributed by atoms with Crippen LogP contribution in [0.2, 0.25) is 0 Å². The van der Waals surface area contributed by atoms with Crippen LogP contribution in [0.4, 0.5) is 4.39 Å². The number of amides is 1. The normalized spacial score (nSPS) is 10.8. The molecule has 0 radical (unpaired) electrons. The number of carbonyl (C=O) groups is 1. The van der Waals surface area contributed by atoms with Crippen molar-refractivity contribution in [2.24, 2.45) is 0 Å². The van der Waals surface area contributed by atoms with Crippen LogP contribution in [0.25, 0.3) is 0 Å². The molecular formula is C14H18BrClFNO. The molecule has 0 saturated carbocycles. The van der Waals surface area contributed by atoms with E-state index in [0.29, 0.717) is 22.5 Å². The van der Waals surface area contributed by atoms with Gasteiger partial charge in [0.25, 0.3) is 5.91 Å². The van der Waals surface area contributed by atoms with Gasteiger partial charge in [-0.15, -0.1) is 11.6 Å². The first kappa shape index (κ1) is 16.4. The lowest BCUT2D eigenvalue weighted by atomic mass is 10.1. The van der Waals surface area contributed by atoms with E-state index in [9.17, 15) is 9.18 Å². The van der Waals surface area contributed by atoms with Crippen molar-refractivity contribution in [1.29, 1.82) is 0 Å². The van der Waals surface area contributed by atoms with Crippen molar-refractivity contribution < 1.29 is 9.18 Å². The fourth-order valence-electron chi connectivity index (χ4n) is 2.09. The van der Waals surface area contributed by atoms with Crippen LogP contribution in [-0.4, -0.2) is 29.3 Å². The molecule has 0 aliphatic rings. The Morgan fingerprint density at radius 2 is 2.05 bits per heavy atom. The Morgan fingerprint density at radius 3 is 2.58 bits per heavy atom. The van der Waals surface area contributed by atoms with Gasteiger partial charge in [-0.05, 0) is 47.0 Å². The summed E-state index contributed by atoms with van der Waals surface area (Å²) < 4.78 is 13.9. The molecule has 0 aliphatic heterocycles. The van der Waals surface area contributed by atoms with Gasteiger partial charge in [0.2, 0.25) is 0 Å². The van der Waals surface area contributed by atoms with Crippen LogP contribution in [0.15, 0.2) is 22.7 Å². The summed E-state index contributed by atoms with van der Waals surface area (Å²) >= 11 is 9.07. The van der Waals surface area contributed by atoms with Crippen LogP contribution in [0, 0.1) is 5.82 Å². The maximum Gasteiger partial charge on any atom is 0.255 e. The van der Waals surface area contributed by atoms with E-state index < -0.39 is 5.82 Å². The van der Waals surface area contributed by atoms with Crippen molar-refractivity contribution in [3.8, 4) is 0 Å². The highest BCUT2D eigenvalue weighted by molar-refractivity contribution is 9.10. The summed E-state index contributed by atoms with van der Waals surface area (Å²) in [7, 11) is 0. The third kappa shape index (κ3) is 4.18. The molecule has 0 fully saturated rings. The molecule has 0 bridgehead atoms. The van der Waals surface area contributed by atoms with Gasteiger partial charge in [0.1, 0.15) is 5.82 Å². The van der Waals surface area contributed by atoms with Gasteiger partial charge >= 0.3 is 0 Å². The monoisotopic (exact) mass is 349 g/mol. The lowest BCUT2D eigenvalue weighted by Crippen LogP contribution is -2.41. The van der Waals surface area contributed by atoms with E-state index in [0.717, 1.165) is 12.8 Å². The van der Waals surface area contributed by atoms with Gasteiger partial charge in [0, 0.05) is 22.9 Å². The molecule has 1 rings (SSSR count). The summed E-state index contributed by atoms with van der Waals surface area (Å²) in [6.45, 7) is 4.53. The maximum absolute atomic E-state index is 13.3. The summed E-state index contributed by atoms with van der Waals surface area (Å²) in [5.41, 5.74) is 0.344. The molecule has 0 N–H and O–H groups in total. The molecule has 106 valence electrons. The first-order valence-corrected chi connectivity index (χ1v) is 7.69. The lowest BCUT2D eigenvalue weighted by Gasteiger charge is -2.30. The average Bonchev–Trinajstić information content (AvgIpc) is 2.41. The van der Waals surface area contributed by atoms with E-state index in [4.69, 9.17) is 11.6 Å². The predicted octanol–water partition coefficient (Wildman–Crippen LogP) is 4.46. The van der Waals surface area contributed by atoms with Crippen LogP contribution in [0.3, 0.4) is 0 Å². The Hall–Kier alpha value is -0.610. The van der Waals surface area contributed by atoms with Crippen molar-refractivity contribution >= 4 is 33.4 Å². The largest absolute Gasteiger partial charge is 0.334 e. The molecule has 0 unspecified atom stereocenters. The first-order valence-electron chi connectivity index (χ1n) is 6.37. The Labute approximate surface area is 127 Å². The lowest BCUT2D eigenvalue weighted by molar-refractivity contribution is 0.0680. The molecule has 0 aliphatic carbocycles. The van der Waals surface area contributed by atoms with Gasteiger partial charge in [0.15, 0.2) is 0 Å². The highest BCUT2D eigenvalue weighted by Gasteiger charge is 2.23. The summed E-state index contributed by atoms with van der Waals surface area (Å²) in [6.07, 6.45) is 1.71.